The number of aromatic nitrogens is 2. The Labute approximate surface area is 289 Å². The molecule has 268 valence electrons. The lowest BCUT2D eigenvalue weighted by Gasteiger charge is -2.26. The Bertz CT molecular complexity index is 1930. The number of hydrogen-bond donors (Lipinski definition) is 2. The summed E-state index contributed by atoms with van der Waals surface area (Å²) in [6, 6.07) is 9.71. The fourth-order valence-electron chi connectivity index (χ4n) is 5.85. The number of hydrogen-bond acceptors (Lipinski definition) is 10. The maximum absolute atomic E-state index is 14.2. The number of rotatable bonds is 11. The fourth-order valence-corrected chi connectivity index (χ4v) is 5.85. The summed E-state index contributed by atoms with van der Waals surface area (Å²) >= 11 is 0. The van der Waals surface area contributed by atoms with E-state index in [2.05, 4.69) is 25.5 Å². The summed E-state index contributed by atoms with van der Waals surface area (Å²) in [5.74, 6) is -0.718. The molecule has 2 N–H and O–H groups in total. The first-order valence-electron chi connectivity index (χ1n) is 16.4. The lowest BCUT2D eigenvalue weighted by molar-refractivity contribution is -0.137. The summed E-state index contributed by atoms with van der Waals surface area (Å²) in [7, 11) is 0. The number of benzene rings is 3. The van der Waals surface area contributed by atoms with E-state index in [9.17, 15) is 27.2 Å². The van der Waals surface area contributed by atoms with Gasteiger partial charge >= 0.3 is 6.18 Å². The molecule has 2 fully saturated rings. The molecule has 12 nitrogen and oxygen atoms in total. The van der Waals surface area contributed by atoms with Gasteiger partial charge in [0.05, 0.1) is 36.6 Å². The Morgan fingerprint density at radius 3 is 2.35 bits per heavy atom. The summed E-state index contributed by atoms with van der Waals surface area (Å²) in [6.45, 7) is 5.27. The fraction of sp³-hybridized carbons (Fsp3) is 0.371. The van der Waals surface area contributed by atoms with Crippen molar-refractivity contribution < 1.29 is 50.8 Å². The van der Waals surface area contributed by atoms with Gasteiger partial charge in [0.2, 0.25) is 23.4 Å². The zero-order valence-corrected chi connectivity index (χ0v) is 27.2. The van der Waals surface area contributed by atoms with Crippen molar-refractivity contribution >= 4 is 34.1 Å². The van der Waals surface area contributed by atoms with E-state index in [1.165, 1.54) is 6.33 Å². The smallest absolute Gasteiger partial charge is 0.416 e. The molecule has 7 rings (SSSR count). The van der Waals surface area contributed by atoms with Crippen LogP contribution in [0.4, 0.5) is 28.9 Å². The third kappa shape index (κ3) is 7.46. The predicted octanol–water partition coefficient (Wildman–Crippen LogP) is 5.81. The lowest BCUT2D eigenvalue weighted by Crippen LogP contribution is -2.37. The highest BCUT2D eigenvalue weighted by atomic mass is 19.4. The third-order valence-corrected chi connectivity index (χ3v) is 8.81. The Balaban J connectivity index is 1.01. The summed E-state index contributed by atoms with van der Waals surface area (Å²) in [6.07, 6.45) is -2.28. The van der Waals surface area contributed by atoms with Crippen molar-refractivity contribution in [1.29, 1.82) is 0 Å². The zero-order chi connectivity index (χ0) is 35.6. The van der Waals surface area contributed by atoms with E-state index in [0.29, 0.717) is 77.6 Å². The third-order valence-electron chi connectivity index (χ3n) is 8.81. The van der Waals surface area contributed by atoms with Crippen LogP contribution in [0.15, 0.2) is 54.9 Å². The van der Waals surface area contributed by atoms with Crippen LogP contribution in [0, 0.1) is 11.2 Å². The zero-order valence-electron chi connectivity index (χ0n) is 27.2. The van der Waals surface area contributed by atoms with Gasteiger partial charge in [0.1, 0.15) is 41.9 Å². The van der Waals surface area contributed by atoms with Gasteiger partial charge in [0.25, 0.3) is 0 Å². The van der Waals surface area contributed by atoms with Crippen molar-refractivity contribution in [2.24, 2.45) is 5.41 Å². The van der Waals surface area contributed by atoms with Gasteiger partial charge in [-0.1, -0.05) is 0 Å². The van der Waals surface area contributed by atoms with Crippen molar-refractivity contribution in [3.05, 3.63) is 66.2 Å². The molecule has 2 aliphatic heterocycles. The number of carbonyl (C=O) groups is 2. The molecular formula is C35H33F4N5O7. The number of halogens is 4. The number of carbonyl (C=O) groups excluding carboxylic acids is 2. The molecule has 1 saturated carbocycles. The number of amides is 2. The van der Waals surface area contributed by atoms with Crippen LogP contribution in [-0.2, 0) is 20.5 Å². The average molecular weight is 712 g/mol. The van der Waals surface area contributed by atoms with Crippen molar-refractivity contribution in [2.75, 3.05) is 63.3 Å². The van der Waals surface area contributed by atoms with Crippen LogP contribution in [-0.4, -0.2) is 79.4 Å². The van der Waals surface area contributed by atoms with Crippen molar-refractivity contribution in [1.82, 2.24) is 14.9 Å². The monoisotopic (exact) mass is 711 g/mol. The van der Waals surface area contributed by atoms with Crippen molar-refractivity contribution in [3.8, 4) is 28.9 Å². The largest absolute Gasteiger partial charge is 0.489 e. The van der Waals surface area contributed by atoms with Gasteiger partial charge in [-0.3, -0.25) is 14.5 Å². The molecule has 16 heteroatoms. The molecule has 0 unspecified atom stereocenters. The topological polar surface area (TPSA) is 133 Å². The molecule has 4 aromatic rings. The molecule has 51 heavy (non-hydrogen) atoms. The summed E-state index contributed by atoms with van der Waals surface area (Å²) in [5, 5.41) is 5.30. The van der Waals surface area contributed by atoms with Crippen LogP contribution in [0.25, 0.3) is 10.9 Å². The van der Waals surface area contributed by atoms with Crippen LogP contribution in [0.3, 0.4) is 0 Å². The molecule has 0 atom stereocenters. The maximum atomic E-state index is 14.2. The molecule has 3 aromatic carbocycles. The van der Waals surface area contributed by atoms with Gasteiger partial charge in [-0.05, 0) is 61.7 Å². The van der Waals surface area contributed by atoms with Crippen LogP contribution in [0.5, 0.6) is 28.9 Å². The Kier molecular flexibility index (Phi) is 9.52. The molecule has 3 aliphatic rings. The van der Waals surface area contributed by atoms with Gasteiger partial charge in [-0.25, -0.2) is 14.4 Å². The van der Waals surface area contributed by atoms with E-state index >= 15 is 0 Å². The van der Waals surface area contributed by atoms with Crippen LogP contribution in [0.1, 0.15) is 24.8 Å². The first kappa shape index (κ1) is 34.2. The van der Waals surface area contributed by atoms with E-state index in [1.807, 2.05) is 0 Å². The van der Waals surface area contributed by atoms with Gasteiger partial charge in [-0.15, -0.1) is 0 Å². The Morgan fingerprint density at radius 1 is 0.902 bits per heavy atom. The Hall–Kier alpha value is -5.22. The second kappa shape index (κ2) is 14.2. The van der Waals surface area contributed by atoms with Crippen molar-refractivity contribution in [3.63, 3.8) is 0 Å². The van der Waals surface area contributed by atoms with E-state index < -0.39 is 40.5 Å². The standard InChI is InChI=1S/C35H33F4N5O7/c36-24-7-2-21(35(37,38)39)18-25(24)43-33(46)34(8-9-34)32(45)42-22-3-5-23(6-4-22)51-31-28-26(40-20-41-31)19-27(29-30(28)50-17-16-49-29)48-13-1-10-44-11-14-47-15-12-44/h2-7,18-20H,1,8-17H2,(H,42,45)(H,43,46). The normalized spacial score (nSPS) is 16.7. The van der Waals surface area contributed by atoms with E-state index in [0.717, 1.165) is 39.3 Å². The van der Waals surface area contributed by atoms with Gasteiger partial charge < -0.3 is 34.3 Å². The number of nitrogens with one attached hydrogen (secondary N) is 2. The quantitative estimate of drug-likeness (QED) is 0.112. The number of alkyl halides is 3. The van der Waals surface area contributed by atoms with Gasteiger partial charge in [-0.2, -0.15) is 13.2 Å². The number of nitrogens with zero attached hydrogens (tertiary/aromatic N) is 3. The second-order valence-corrected chi connectivity index (χ2v) is 12.3. The first-order chi connectivity index (χ1) is 24.6. The highest BCUT2D eigenvalue weighted by Crippen LogP contribution is 2.49. The number of ether oxygens (including phenoxy) is 5. The van der Waals surface area contributed by atoms with Crippen LogP contribution < -0.4 is 29.6 Å². The van der Waals surface area contributed by atoms with Crippen LogP contribution >= 0.6 is 0 Å². The molecule has 1 aromatic heterocycles. The van der Waals surface area contributed by atoms with Crippen molar-refractivity contribution in [2.45, 2.75) is 25.4 Å². The van der Waals surface area contributed by atoms with E-state index in [-0.39, 0.29) is 18.7 Å². The minimum atomic E-state index is -4.73. The van der Waals surface area contributed by atoms with Gasteiger partial charge in [0.15, 0.2) is 11.5 Å². The summed E-state index contributed by atoms with van der Waals surface area (Å²) < 4.78 is 83.2. The molecule has 0 spiro atoms. The lowest BCUT2D eigenvalue weighted by atomic mass is 10.0. The molecule has 3 heterocycles. The molecule has 1 aliphatic carbocycles. The molecule has 0 radical (unpaired) electrons. The first-order valence-corrected chi connectivity index (χ1v) is 16.4. The number of fused-ring (bicyclic) bond motifs is 3. The Morgan fingerprint density at radius 2 is 1.63 bits per heavy atom. The SMILES string of the molecule is O=C(Nc1ccc(Oc2ncnc3cc(OCCCN4CCOCC4)c4c(c23)OCCO4)cc1)C1(C(=O)Nc2cc(C(F)(F)F)ccc2F)CC1. The minimum absolute atomic E-state index is 0.143. The molecule has 2 amide bonds. The second-order valence-electron chi connectivity index (χ2n) is 12.3. The van der Waals surface area contributed by atoms with Gasteiger partial charge in [0, 0.05) is 31.4 Å². The highest BCUT2D eigenvalue weighted by Gasteiger charge is 2.56. The summed E-state index contributed by atoms with van der Waals surface area (Å²) in [4.78, 5) is 37.2. The van der Waals surface area contributed by atoms with E-state index in [1.54, 1.807) is 30.3 Å². The maximum Gasteiger partial charge on any atom is 0.416 e. The van der Waals surface area contributed by atoms with Crippen LogP contribution in [0.2, 0.25) is 0 Å². The minimum Gasteiger partial charge on any atom is -0.489 e. The van der Waals surface area contributed by atoms with E-state index in [4.69, 9.17) is 23.7 Å². The molecule has 1 saturated heterocycles. The molecular weight excluding hydrogens is 678 g/mol. The average Bonchev–Trinajstić information content (AvgIpc) is 3.95. The number of morpholine rings is 1. The highest BCUT2D eigenvalue weighted by molar-refractivity contribution is 6.17. The summed E-state index contributed by atoms with van der Waals surface area (Å²) in [5.41, 5.74) is -2.49. The molecule has 0 bridgehead atoms. The number of anilines is 2. The predicted molar refractivity (Wildman–Crippen MR) is 175 cm³/mol.